The molecule has 1 N–H and O–H groups in total. The lowest BCUT2D eigenvalue weighted by Gasteiger charge is -2.18. The molecule has 12 heteroatoms. The van der Waals surface area contributed by atoms with Gasteiger partial charge in [0.15, 0.2) is 17.6 Å². The van der Waals surface area contributed by atoms with E-state index < -0.39 is 30.0 Å². The summed E-state index contributed by atoms with van der Waals surface area (Å²) in [7, 11) is 2.48. The van der Waals surface area contributed by atoms with E-state index >= 15 is 0 Å². The molecule has 1 aromatic heterocycles. The number of hydrogen-bond donors (Lipinski definition) is 1. The summed E-state index contributed by atoms with van der Waals surface area (Å²) in [6.07, 6.45) is 0.591. The molecule has 0 unspecified atom stereocenters. The van der Waals surface area contributed by atoms with Crippen molar-refractivity contribution < 1.29 is 42.5 Å². The Bertz CT molecular complexity index is 1190. The van der Waals surface area contributed by atoms with E-state index in [-0.39, 0.29) is 29.5 Å². The lowest BCUT2D eigenvalue weighted by molar-refractivity contribution is -0.148. The number of esters is 2. The molecule has 0 radical (unpaired) electrons. The lowest BCUT2D eigenvalue weighted by Crippen LogP contribution is -2.30. The first-order valence-corrected chi connectivity index (χ1v) is 11.2. The van der Waals surface area contributed by atoms with Crippen LogP contribution < -0.4 is 14.8 Å². The van der Waals surface area contributed by atoms with E-state index in [4.69, 9.17) is 13.9 Å². The van der Waals surface area contributed by atoms with E-state index in [0.29, 0.717) is 22.4 Å². The number of benzene rings is 1. The first-order valence-electron chi connectivity index (χ1n) is 10.4. The molecule has 0 saturated carbocycles. The first-order chi connectivity index (χ1) is 16.7. The Balaban J connectivity index is 1.83. The molecule has 1 aliphatic heterocycles. The zero-order chi connectivity index (χ0) is 25.7. The predicted molar refractivity (Wildman–Crippen MR) is 125 cm³/mol. The Morgan fingerprint density at radius 3 is 2.60 bits per heavy atom. The molecule has 3 amide bonds. The third-order valence-electron chi connectivity index (χ3n) is 4.79. The van der Waals surface area contributed by atoms with Gasteiger partial charge in [0, 0.05) is 0 Å². The number of halogens is 1. The molecule has 1 fully saturated rings. The van der Waals surface area contributed by atoms with Gasteiger partial charge in [0.1, 0.15) is 11.5 Å². The van der Waals surface area contributed by atoms with Crippen LogP contribution in [0, 0.1) is 0 Å². The van der Waals surface area contributed by atoms with Crippen LogP contribution >= 0.6 is 15.9 Å². The van der Waals surface area contributed by atoms with Gasteiger partial charge >= 0.3 is 18.0 Å². The number of nitrogens with one attached hydrogen (secondary N) is 1. The Morgan fingerprint density at radius 2 is 1.94 bits per heavy atom. The number of urea groups is 1. The van der Waals surface area contributed by atoms with Crippen molar-refractivity contribution in [1.82, 2.24) is 10.2 Å². The topological polar surface area (TPSA) is 134 Å². The van der Waals surface area contributed by atoms with Crippen molar-refractivity contribution in [2.24, 2.45) is 0 Å². The van der Waals surface area contributed by atoms with Crippen molar-refractivity contribution in [1.29, 1.82) is 0 Å². The second-order valence-corrected chi connectivity index (χ2v) is 8.04. The number of amides is 3. The van der Waals surface area contributed by atoms with Crippen LogP contribution in [0.1, 0.15) is 35.7 Å². The van der Waals surface area contributed by atoms with E-state index in [1.165, 1.54) is 32.4 Å². The zero-order valence-corrected chi connectivity index (χ0v) is 21.0. The number of hydrogen-bond acceptors (Lipinski definition) is 9. The highest BCUT2D eigenvalue weighted by molar-refractivity contribution is 9.10. The van der Waals surface area contributed by atoms with Crippen LogP contribution in [0.2, 0.25) is 0 Å². The maximum atomic E-state index is 12.9. The van der Waals surface area contributed by atoms with Crippen molar-refractivity contribution in [3.05, 3.63) is 51.5 Å². The molecule has 1 atom stereocenters. The second-order valence-electron chi connectivity index (χ2n) is 7.18. The average Bonchev–Trinajstić information content (AvgIpc) is 3.40. The highest BCUT2D eigenvalue weighted by Crippen LogP contribution is 2.38. The largest absolute Gasteiger partial charge is 0.490 e. The molecule has 2 aromatic rings. The zero-order valence-electron chi connectivity index (χ0n) is 19.4. The Hall–Kier alpha value is -3.80. The molecule has 0 aliphatic carbocycles. The molecule has 1 aliphatic rings. The van der Waals surface area contributed by atoms with Crippen molar-refractivity contribution in [3.8, 4) is 11.5 Å². The minimum atomic E-state index is -0.884. The predicted octanol–water partition coefficient (Wildman–Crippen LogP) is 3.26. The highest BCUT2D eigenvalue weighted by Gasteiger charge is 2.34. The van der Waals surface area contributed by atoms with Crippen molar-refractivity contribution in [3.63, 3.8) is 0 Å². The molecule has 35 heavy (non-hydrogen) atoms. The average molecular weight is 551 g/mol. The lowest BCUT2D eigenvalue weighted by atomic mass is 10.1. The second kappa shape index (κ2) is 11.1. The molecule has 2 heterocycles. The summed E-state index contributed by atoms with van der Waals surface area (Å²) >= 11 is 3.40. The van der Waals surface area contributed by atoms with E-state index in [2.05, 4.69) is 30.7 Å². The van der Waals surface area contributed by atoms with E-state index in [9.17, 15) is 19.2 Å². The Kier molecular flexibility index (Phi) is 8.18. The fourth-order valence-corrected chi connectivity index (χ4v) is 3.70. The third-order valence-corrected chi connectivity index (χ3v) is 5.38. The Labute approximate surface area is 209 Å². The van der Waals surface area contributed by atoms with Gasteiger partial charge in [0.25, 0.3) is 5.91 Å². The normalized spacial score (nSPS) is 15.1. The molecule has 0 spiro atoms. The van der Waals surface area contributed by atoms with Gasteiger partial charge < -0.3 is 28.7 Å². The van der Waals surface area contributed by atoms with Gasteiger partial charge in [0.05, 0.1) is 31.8 Å². The summed E-state index contributed by atoms with van der Waals surface area (Å²) in [5.74, 6) is -1.00. The van der Waals surface area contributed by atoms with Crippen molar-refractivity contribution >= 4 is 45.9 Å². The number of methoxy groups -OCH3 is 2. The molecule has 0 bridgehead atoms. The van der Waals surface area contributed by atoms with Crippen LogP contribution in [0.5, 0.6) is 11.5 Å². The first kappa shape index (κ1) is 25.8. The van der Waals surface area contributed by atoms with Crippen LogP contribution in [0.4, 0.5) is 4.79 Å². The van der Waals surface area contributed by atoms with Crippen LogP contribution in [0.15, 0.2) is 38.9 Å². The summed E-state index contributed by atoms with van der Waals surface area (Å²) in [5, 5.41) is 2.52. The monoisotopic (exact) mass is 550 g/mol. The third kappa shape index (κ3) is 5.83. The number of rotatable bonds is 9. The molecular formula is C23H23BrN2O9. The van der Waals surface area contributed by atoms with Gasteiger partial charge in [-0.15, -0.1) is 0 Å². The SMILES string of the molecule is CCOc1cc(/C=C2\NC(=O)N(Cc3ccc(C(=O)OC)o3)C2=O)cc(Br)c1O[C@@H](C)C(=O)OC. The number of ether oxygens (including phenoxy) is 4. The molecule has 186 valence electrons. The summed E-state index contributed by atoms with van der Waals surface area (Å²) in [6, 6.07) is 5.49. The summed E-state index contributed by atoms with van der Waals surface area (Å²) in [4.78, 5) is 49.5. The molecule has 1 saturated heterocycles. The smallest absolute Gasteiger partial charge is 0.373 e. The number of furan rings is 1. The van der Waals surface area contributed by atoms with Crippen LogP contribution in [-0.4, -0.2) is 55.7 Å². The maximum Gasteiger partial charge on any atom is 0.373 e. The quantitative estimate of drug-likeness (QED) is 0.283. The minimum Gasteiger partial charge on any atom is -0.490 e. The number of carbonyl (C=O) groups excluding carboxylic acids is 4. The van der Waals surface area contributed by atoms with Crippen molar-refractivity contribution in [2.75, 3.05) is 20.8 Å². The summed E-state index contributed by atoms with van der Waals surface area (Å²) in [6.45, 7) is 3.46. The molecule has 11 nitrogen and oxygen atoms in total. The van der Waals surface area contributed by atoms with Gasteiger partial charge in [-0.3, -0.25) is 9.69 Å². The van der Waals surface area contributed by atoms with Crippen molar-refractivity contribution in [2.45, 2.75) is 26.5 Å². The molecule has 1 aromatic carbocycles. The van der Waals surface area contributed by atoms with Crippen LogP contribution in [-0.2, 0) is 25.6 Å². The minimum absolute atomic E-state index is 0.0284. The Morgan fingerprint density at radius 1 is 1.20 bits per heavy atom. The fourth-order valence-electron chi connectivity index (χ4n) is 3.15. The van der Waals surface area contributed by atoms with Gasteiger partial charge in [-0.1, -0.05) is 0 Å². The summed E-state index contributed by atoms with van der Waals surface area (Å²) in [5.41, 5.74) is 0.551. The van der Waals surface area contributed by atoms with E-state index in [1.807, 2.05) is 0 Å². The summed E-state index contributed by atoms with van der Waals surface area (Å²) < 4.78 is 26.4. The maximum absolute atomic E-state index is 12.9. The van der Waals surface area contributed by atoms with Gasteiger partial charge in [-0.25, -0.2) is 14.4 Å². The number of nitrogens with zero attached hydrogens (tertiary/aromatic N) is 1. The van der Waals surface area contributed by atoms with Gasteiger partial charge in [0.2, 0.25) is 5.76 Å². The standard InChI is InChI=1S/C23H23BrN2O9/c1-5-33-18-10-13(8-15(24)19(18)34-12(2)21(28)31-3)9-16-20(27)26(23(30)25-16)11-14-6-7-17(35-14)22(29)32-4/h6-10,12H,5,11H2,1-4H3,(H,25,30)/b16-9-/t12-/m0/s1. The van der Waals surface area contributed by atoms with Crippen LogP contribution in [0.25, 0.3) is 6.08 Å². The fraction of sp³-hybridized carbons (Fsp3) is 0.304. The van der Waals surface area contributed by atoms with E-state index in [0.717, 1.165) is 4.90 Å². The molecular weight excluding hydrogens is 528 g/mol. The number of carbonyl (C=O) groups is 4. The van der Waals surface area contributed by atoms with Gasteiger partial charge in [-0.05, 0) is 65.7 Å². The van der Waals surface area contributed by atoms with Crippen LogP contribution in [0.3, 0.4) is 0 Å². The molecule has 3 rings (SSSR count). The number of imide groups is 1. The van der Waals surface area contributed by atoms with E-state index in [1.54, 1.807) is 26.0 Å². The highest BCUT2D eigenvalue weighted by atomic mass is 79.9. The van der Waals surface area contributed by atoms with Gasteiger partial charge in [-0.2, -0.15) is 0 Å².